The summed E-state index contributed by atoms with van der Waals surface area (Å²) in [6, 6.07) is 4.82. The van der Waals surface area contributed by atoms with Crippen molar-refractivity contribution < 1.29 is 4.79 Å². The van der Waals surface area contributed by atoms with Gasteiger partial charge in [-0.1, -0.05) is 11.6 Å². The van der Waals surface area contributed by atoms with E-state index >= 15 is 0 Å². The Labute approximate surface area is 116 Å². The van der Waals surface area contributed by atoms with Gasteiger partial charge in [0.2, 0.25) is 0 Å². The highest BCUT2D eigenvalue weighted by Crippen LogP contribution is 2.18. The van der Waals surface area contributed by atoms with Crippen LogP contribution in [0.5, 0.6) is 0 Å². The number of hydrogen-bond acceptors (Lipinski definition) is 3. The fourth-order valence-electron chi connectivity index (χ4n) is 1.83. The fourth-order valence-corrected chi connectivity index (χ4v) is 2.01. The molecular weight excluding hydrogens is 264 g/mol. The van der Waals surface area contributed by atoms with Crippen LogP contribution in [0.4, 0.5) is 5.69 Å². The lowest BCUT2D eigenvalue weighted by molar-refractivity contribution is 0.0952. The van der Waals surface area contributed by atoms with Gasteiger partial charge in [-0.05, 0) is 25.1 Å². The first-order valence-electron chi connectivity index (χ1n) is 5.79. The van der Waals surface area contributed by atoms with E-state index in [2.05, 4.69) is 10.4 Å². The summed E-state index contributed by atoms with van der Waals surface area (Å²) in [5.41, 5.74) is 8.42. The number of carbonyl (C=O) groups excluding carboxylic acids is 1. The Hall–Kier alpha value is -2.01. The summed E-state index contributed by atoms with van der Waals surface area (Å²) in [5.74, 6) is -0.225. The molecule has 1 amide bonds. The Bertz CT molecular complexity index is 621. The summed E-state index contributed by atoms with van der Waals surface area (Å²) in [6.45, 7) is 2.32. The second-order valence-corrected chi connectivity index (χ2v) is 4.76. The van der Waals surface area contributed by atoms with Crippen molar-refractivity contribution in [1.82, 2.24) is 15.1 Å². The molecule has 6 heteroatoms. The molecule has 3 N–H and O–H groups in total. The first-order valence-corrected chi connectivity index (χ1v) is 6.17. The molecule has 0 unspecified atom stereocenters. The van der Waals surface area contributed by atoms with E-state index in [-0.39, 0.29) is 5.91 Å². The average Bonchev–Trinajstić information content (AvgIpc) is 2.65. The molecule has 1 aromatic carbocycles. The second kappa shape index (κ2) is 5.32. The van der Waals surface area contributed by atoms with Gasteiger partial charge in [-0.2, -0.15) is 5.10 Å². The number of aryl methyl sites for hydroxylation is 2. The maximum atomic E-state index is 12.0. The van der Waals surface area contributed by atoms with E-state index in [0.29, 0.717) is 22.8 Å². The third-order valence-electron chi connectivity index (χ3n) is 2.81. The van der Waals surface area contributed by atoms with Crippen LogP contribution in [-0.4, -0.2) is 15.7 Å². The molecule has 2 aromatic rings. The van der Waals surface area contributed by atoms with E-state index in [1.807, 2.05) is 20.2 Å². The zero-order valence-electron chi connectivity index (χ0n) is 10.8. The molecule has 100 valence electrons. The van der Waals surface area contributed by atoms with Crippen LogP contribution < -0.4 is 11.1 Å². The van der Waals surface area contributed by atoms with Gasteiger partial charge in [0.1, 0.15) is 0 Å². The minimum absolute atomic E-state index is 0.225. The first-order chi connectivity index (χ1) is 8.97. The maximum Gasteiger partial charge on any atom is 0.253 e. The molecule has 0 atom stereocenters. The van der Waals surface area contributed by atoms with Gasteiger partial charge in [-0.15, -0.1) is 0 Å². The number of nitrogen functional groups attached to an aromatic ring is 1. The number of anilines is 1. The molecule has 1 aromatic heterocycles. The Morgan fingerprint density at radius 1 is 1.53 bits per heavy atom. The summed E-state index contributed by atoms with van der Waals surface area (Å²) in [4.78, 5) is 12.0. The SMILES string of the molecule is Cc1nn(C)cc1CNC(=O)c1ccc(Cl)cc1N. The number of aromatic nitrogens is 2. The highest BCUT2D eigenvalue weighted by atomic mass is 35.5. The lowest BCUT2D eigenvalue weighted by atomic mass is 10.1. The van der Waals surface area contributed by atoms with Crippen molar-refractivity contribution in [1.29, 1.82) is 0 Å². The number of nitrogens with two attached hydrogens (primary N) is 1. The van der Waals surface area contributed by atoms with Crippen LogP contribution in [0.25, 0.3) is 0 Å². The number of halogens is 1. The Morgan fingerprint density at radius 3 is 2.84 bits per heavy atom. The number of nitrogens with one attached hydrogen (secondary N) is 1. The molecule has 0 aliphatic carbocycles. The maximum absolute atomic E-state index is 12.0. The van der Waals surface area contributed by atoms with Gasteiger partial charge in [-0.3, -0.25) is 9.48 Å². The van der Waals surface area contributed by atoms with Crippen molar-refractivity contribution in [3.05, 3.63) is 46.2 Å². The van der Waals surface area contributed by atoms with E-state index in [1.54, 1.807) is 22.9 Å². The van der Waals surface area contributed by atoms with E-state index in [4.69, 9.17) is 17.3 Å². The van der Waals surface area contributed by atoms with Crippen molar-refractivity contribution in [3.63, 3.8) is 0 Å². The minimum Gasteiger partial charge on any atom is -0.398 e. The van der Waals surface area contributed by atoms with Crippen LogP contribution in [0.15, 0.2) is 24.4 Å². The molecule has 5 nitrogen and oxygen atoms in total. The van der Waals surface area contributed by atoms with Crippen LogP contribution in [0, 0.1) is 6.92 Å². The van der Waals surface area contributed by atoms with Crippen LogP contribution in [-0.2, 0) is 13.6 Å². The molecule has 0 aliphatic rings. The van der Waals surface area contributed by atoms with Crippen LogP contribution in [0.1, 0.15) is 21.6 Å². The van der Waals surface area contributed by atoms with Crippen LogP contribution in [0.2, 0.25) is 5.02 Å². The normalized spacial score (nSPS) is 10.5. The summed E-state index contributed by atoms with van der Waals surface area (Å²) in [7, 11) is 1.84. The van der Waals surface area contributed by atoms with Gasteiger partial charge in [0.05, 0.1) is 11.3 Å². The predicted octanol–water partition coefficient (Wildman–Crippen LogP) is 1.89. The van der Waals surface area contributed by atoms with Crippen LogP contribution in [0.3, 0.4) is 0 Å². The van der Waals surface area contributed by atoms with Crippen LogP contribution >= 0.6 is 11.6 Å². The molecule has 0 spiro atoms. The van der Waals surface area contributed by atoms with Crippen molar-refractivity contribution in [2.45, 2.75) is 13.5 Å². The standard InChI is InChI=1S/C13H15ClN4O/c1-8-9(7-18(2)17-8)6-16-13(19)11-4-3-10(14)5-12(11)15/h3-5,7H,6,15H2,1-2H3,(H,16,19). The highest BCUT2D eigenvalue weighted by molar-refractivity contribution is 6.31. The van der Waals surface area contributed by atoms with E-state index < -0.39 is 0 Å². The van der Waals surface area contributed by atoms with Gasteiger partial charge in [0.15, 0.2) is 0 Å². The third-order valence-corrected chi connectivity index (χ3v) is 3.05. The highest BCUT2D eigenvalue weighted by Gasteiger charge is 2.11. The van der Waals surface area contributed by atoms with E-state index in [9.17, 15) is 4.79 Å². The predicted molar refractivity (Wildman–Crippen MR) is 75.0 cm³/mol. The molecule has 19 heavy (non-hydrogen) atoms. The molecular formula is C13H15ClN4O. The Morgan fingerprint density at radius 2 is 2.26 bits per heavy atom. The minimum atomic E-state index is -0.225. The first kappa shape index (κ1) is 13.4. The Kier molecular flexibility index (Phi) is 3.76. The molecule has 1 heterocycles. The lowest BCUT2D eigenvalue weighted by Gasteiger charge is -2.07. The summed E-state index contributed by atoms with van der Waals surface area (Å²) in [6.07, 6.45) is 1.88. The number of hydrogen-bond donors (Lipinski definition) is 2. The summed E-state index contributed by atoms with van der Waals surface area (Å²) >= 11 is 5.80. The average molecular weight is 279 g/mol. The zero-order valence-corrected chi connectivity index (χ0v) is 11.5. The number of amides is 1. The lowest BCUT2D eigenvalue weighted by Crippen LogP contribution is -2.23. The number of nitrogens with zero attached hydrogens (tertiary/aromatic N) is 2. The topological polar surface area (TPSA) is 72.9 Å². The third kappa shape index (κ3) is 3.06. The fraction of sp³-hybridized carbons (Fsp3) is 0.231. The summed E-state index contributed by atoms with van der Waals surface area (Å²) in [5, 5.41) is 7.54. The van der Waals surface area contributed by atoms with Gasteiger partial charge in [0.25, 0.3) is 5.91 Å². The molecule has 0 saturated carbocycles. The molecule has 0 radical (unpaired) electrons. The molecule has 0 bridgehead atoms. The largest absolute Gasteiger partial charge is 0.398 e. The second-order valence-electron chi connectivity index (χ2n) is 4.33. The van der Waals surface area contributed by atoms with Crippen molar-refractivity contribution in [2.24, 2.45) is 7.05 Å². The zero-order chi connectivity index (χ0) is 14.0. The van der Waals surface area contributed by atoms with Gasteiger partial charge >= 0.3 is 0 Å². The number of benzene rings is 1. The number of carbonyl (C=O) groups is 1. The summed E-state index contributed by atoms with van der Waals surface area (Å²) < 4.78 is 1.72. The molecule has 2 rings (SSSR count). The van der Waals surface area contributed by atoms with Gasteiger partial charge < -0.3 is 11.1 Å². The van der Waals surface area contributed by atoms with Crippen molar-refractivity contribution >= 4 is 23.2 Å². The Balaban J connectivity index is 2.07. The smallest absolute Gasteiger partial charge is 0.253 e. The van der Waals surface area contributed by atoms with Gasteiger partial charge in [0, 0.05) is 36.1 Å². The van der Waals surface area contributed by atoms with Gasteiger partial charge in [-0.25, -0.2) is 0 Å². The molecule has 0 fully saturated rings. The van der Waals surface area contributed by atoms with Crippen molar-refractivity contribution in [3.8, 4) is 0 Å². The van der Waals surface area contributed by atoms with E-state index in [0.717, 1.165) is 11.3 Å². The van der Waals surface area contributed by atoms with E-state index in [1.165, 1.54) is 0 Å². The molecule has 0 saturated heterocycles. The quantitative estimate of drug-likeness (QED) is 0.842. The number of rotatable bonds is 3. The molecule has 0 aliphatic heterocycles. The van der Waals surface area contributed by atoms with Crippen molar-refractivity contribution in [2.75, 3.05) is 5.73 Å². The monoisotopic (exact) mass is 278 g/mol.